The lowest BCUT2D eigenvalue weighted by Crippen LogP contribution is -2.44. The van der Waals surface area contributed by atoms with Gasteiger partial charge in [-0.25, -0.2) is 8.78 Å². The van der Waals surface area contributed by atoms with E-state index in [0.717, 1.165) is 38.0 Å². The van der Waals surface area contributed by atoms with E-state index in [1.165, 1.54) is 24.3 Å². The number of hydrogen-bond acceptors (Lipinski definition) is 3. The molecule has 1 aliphatic rings. The Balaban J connectivity index is 1.33. The van der Waals surface area contributed by atoms with Gasteiger partial charge in [-0.3, -0.25) is 9.69 Å². The lowest BCUT2D eigenvalue weighted by Gasteiger charge is -2.32. The molecule has 3 rings (SSSR count). The molecular weight excluding hydrogens is 350 g/mol. The SMILES string of the molecule is O=C(CCOc1cccc(F)c1)NC1CCN(Cc2ccc(F)cc2)CC1. The Morgan fingerprint density at radius 3 is 2.52 bits per heavy atom. The van der Waals surface area contributed by atoms with E-state index in [9.17, 15) is 13.6 Å². The molecule has 0 unspecified atom stereocenters. The Kier molecular flexibility index (Phi) is 6.76. The molecule has 6 heteroatoms. The molecule has 1 fully saturated rings. The van der Waals surface area contributed by atoms with Crippen LogP contribution in [-0.4, -0.2) is 36.5 Å². The van der Waals surface area contributed by atoms with Gasteiger partial charge in [0.05, 0.1) is 13.0 Å². The molecule has 0 bridgehead atoms. The third-order valence-corrected chi connectivity index (χ3v) is 4.67. The summed E-state index contributed by atoms with van der Waals surface area (Å²) >= 11 is 0. The molecule has 0 radical (unpaired) electrons. The molecule has 0 aliphatic carbocycles. The number of amides is 1. The van der Waals surface area contributed by atoms with Crippen molar-refractivity contribution in [1.82, 2.24) is 10.2 Å². The minimum absolute atomic E-state index is 0.0524. The van der Waals surface area contributed by atoms with Crippen molar-refractivity contribution in [3.63, 3.8) is 0 Å². The van der Waals surface area contributed by atoms with E-state index in [1.54, 1.807) is 12.1 Å². The van der Waals surface area contributed by atoms with Crippen molar-refractivity contribution in [3.05, 3.63) is 65.7 Å². The van der Waals surface area contributed by atoms with Gasteiger partial charge in [-0.05, 0) is 42.7 Å². The van der Waals surface area contributed by atoms with Crippen molar-refractivity contribution in [2.45, 2.75) is 31.8 Å². The maximum atomic E-state index is 13.1. The van der Waals surface area contributed by atoms with Crippen molar-refractivity contribution in [2.75, 3.05) is 19.7 Å². The van der Waals surface area contributed by atoms with E-state index in [-0.39, 0.29) is 36.6 Å². The molecule has 4 nitrogen and oxygen atoms in total. The molecule has 144 valence electrons. The average Bonchev–Trinajstić information content (AvgIpc) is 2.65. The van der Waals surface area contributed by atoms with E-state index in [4.69, 9.17) is 4.74 Å². The number of nitrogens with zero attached hydrogens (tertiary/aromatic N) is 1. The van der Waals surface area contributed by atoms with E-state index >= 15 is 0 Å². The molecule has 1 N–H and O–H groups in total. The Hall–Kier alpha value is -2.47. The molecule has 0 saturated carbocycles. The molecule has 1 saturated heterocycles. The summed E-state index contributed by atoms with van der Waals surface area (Å²) in [6.45, 7) is 2.80. The summed E-state index contributed by atoms with van der Waals surface area (Å²) in [5.41, 5.74) is 1.09. The lowest BCUT2D eigenvalue weighted by molar-refractivity contribution is -0.122. The van der Waals surface area contributed by atoms with Gasteiger partial charge in [0.1, 0.15) is 17.4 Å². The van der Waals surface area contributed by atoms with E-state index < -0.39 is 0 Å². The molecule has 1 aliphatic heterocycles. The first-order valence-electron chi connectivity index (χ1n) is 9.23. The summed E-state index contributed by atoms with van der Waals surface area (Å²) in [5, 5.41) is 3.04. The third-order valence-electron chi connectivity index (χ3n) is 4.67. The summed E-state index contributed by atoms with van der Waals surface area (Å²) in [6.07, 6.45) is 2.02. The molecule has 2 aromatic rings. The Labute approximate surface area is 158 Å². The van der Waals surface area contributed by atoms with Crippen LogP contribution in [0.15, 0.2) is 48.5 Å². The number of carbonyl (C=O) groups excluding carboxylic acids is 1. The number of halogens is 2. The Morgan fingerprint density at radius 1 is 1.07 bits per heavy atom. The predicted molar refractivity (Wildman–Crippen MR) is 99.4 cm³/mol. The second-order valence-corrected chi connectivity index (χ2v) is 6.80. The van der Waals surface area contributed by atoms with Gasteiger partial charge in [0.2, 0.25) is 5.91 Å². The molecule has 27 heavy (non-hydrogen) atoms. The smallest absolute Gasteiger partial charge is 0.223 e. The number of piperidine rings is 1. The van der Waals surface area contributed by atoms with Crippen LogP contribution in [0.4, 0.5) is 8.78 Å². The Bertz CT molecular complexity index is 744. The average molecular weight is 374 g/mol. The zero-order valence-electron chi connectivity index (χ0n) is 15.2. The first-order valence-corrected chi connectivity index (χ1v) is 9.23. The number of hydrogen-bond donors (Lipinski definition) is 1. The number of likely N-dealkylation sites (tertiary alicyclic amines) is 1. The highest BCUT2D eigenvalue weighted by atomic mass is 19.1. The van der Waals surface area contributed by atoms with Gasteiger partial charge >= 0.3 is 0 Å². The van der Waals surface area contributed by atoms with Crippen LogP contribution in [0.25, 0.3) is 0 Å². The van der Waals surface area contributed by atoms with Crippen LogP contribution in [0.2, 0.25) is 0 Å². The first-order chi connectivity index (χ1) is 13.1. The van der Waals surface area contributed by atoms with Crippen LogP contribution in [0.5, 0.6) is 5.75 Å². The van der Waals surface area contributed by atoms with Gasteiger partial charge in [0.25, 0.3) is 0 Å². The summed E-state index contributed by atoms with van der Waals surface area (Å²) in [5.74, 6) is -0.203. The van der Waals surface area contributed by atoms with Crippen LogP contribution in [0, 0.1) is 11.6 Å². The quantitative estimate of drug-likeness (QED) is 0.806. The molecule has 2 aromatic carbocycles. The van der Waals surface area contributed by atoms with Gasteiger partial charge in [0.15, 0.2) is 0 Å². The van der Waals surface area contributed by atoms with E-state index in [2.05, 4.69) is 10.2 Å². The Morgan fingerprint density at radius 2 is 1.81 bits per heavy atom. The third kappa shape index (κ3) is 6.32. The summed E-state index contributed by atoms with van der Waals surface area (Å²) in [7, 11) is 0. The van der Waals surface area contributed by atoms with Gasteiger partial charge in [-0.1, -0.05) is 18.2 Å². The minimum atomic E-state index is -0.357. The molecule has 0 atom stereocenters. The second-order valence-electron chi connectivity index (χ2n) is 6.80. The topological polar surface area (TPSA) is 41.6 Å². The highest BCUT2D eigenvalue weighted by molar-refractivity contribution is 5.76. The largest absolute Gasteiger partial charge is 0.493 e. The van der Waals surface area contributed by atoms with Gasteiger partial charge in [-0.15, -0.1) is 0 Å². The fraction of sp³-hybridized carbons (Fsp3) is 0.381. The van der Waals surface area contributed by atoms with E-state index in [0.29, 0.717) is 5.75 Å². The van der Waals surface area contributed by atoms with Crippen LogP contribution >= 0.6 is 0 Å². The van der Waals surface area contributed by atoms with Crippen LogP contribution in [0.1, 0.15) is 24.8 Å². The molecule has 1 heterocycles. The molecular formula is C21H24F2N2O2. The molecule has 1 amide bonds. The maximum absolute atomic E-state index is 13.1. The van der Waals surface area contributed by atoms with Crippen molar-refractivity contribution in [1.29, 1.82) is 0 Å². The van der Waals surface area contributed by atoms with Gasteiger partial charge in [0, 0.05) is 31.7 Å². The summed E-state index contributed by atoms with van der Waals surface area (Å²) in [4.78, 5) is 14.4. The van der Waals surface area contributed by atoms with E-state index in [1.807, 2.05) is 12.1 Å². The standard InChI is InChI=1S/C21H24F2N2O2/c22-17-6-4-16(5-7-17)15-25-11-8-19(9-12-25)24-21(26)10-13-27-20-3-1-2-18(23)14-20/h1-7,14,19H,8-13,15H2,(H,24,26). The highest BCUT2D eigenvalue weighted by Crippen LogP contribution is 2.15. The fourth-order valence-electron chi connectivity index (χ4n) is 3.20. The fourth-order valence-corrected chi connectivity index (χ4v) is 3.20. The zero-order chi connectivity index (χ0) is 19.1. The predicted octanol–water partition coefficient (Wildman–Crippen LogP) is 3.51. The number of carbonyl (C=O) groups is 1. The number of benzene rings is 2. The van der Waals surface area contributed by atoms with Crippen LogP contribution < -0.4 is 10.1 Å². The van der Waals surface area contributed by atoms with Gasteiger partial charge < -0.3 is 10.1 Å². The molecule has 0 aromatic heterocycles. The zero-order valence-corrected chi connectivity index (χ0v) is 15.2. The normalized spacial score (nSPS) is 15.5. The number of nitrogens with one attached hydrogen (secondary N) is 1. The van der Waals surface area contributed by atoms with Crippen LogP contribution in [-0.2, 0) is 11.3 Å². The van der Waals surface area contributed by atoms with Gasteiger partial charge in [-0.2, -0.15) is 0 Å². The first kappa shape index (κ1) is 19.3. The van der Waals surface area contributed by atoms with Crippen molar-refractivity contribution >= 4 is 5.91 Å². The number of rotatable bonds is 7. The molecule has 0 spiro atoms. The monoisotopic (exact) mass is 374 g/mol. The van der Waals surface area contributed by atoms with Crippen molar-refractivity contribution in [3.8, 4) is 5.75 Å². The lowest BCUT2D eigenvalue weighted by atomic mass is 10.0. The highest BCUT2D eigenvalue weighted by Gasteiger charge is 2.20. The number of ether oxygens (including phenoxy) is 1. The summed E-state index contributed by atoms with van der Waals surface area (Å²) < 4.78 is 31.4. The maximum Gasteiger partial charge on any atom is 0.223 e. The van der Waals surface area contributed by atoms with Crippen molar-refractivity contribution < 1.29 is 18.3 Å². The second kappa shape index (κ2) is 9.46. The minimum Gasteiger partial charge on any atom is -0.493 e. The van der Waals surface area contributed by atoms with Crippen LogP contribution in [0.3, 0.4) is 0 Å². The van der Waals surface area contributed by atoms with Crippen molar-refractivity contribution in [2.24, 2.45) is 0 Å². The summed E-state index contributed by atoms with van der Waals surface area (Å²) in [6, 6.07) is 12.6.